The number of hydrogen-bond acceptors (Lipinski definition) is 3. The molecule has 0 bridgehead atoms. The lowest BCUT2D eigenvalue weighted by atomic mass is 10.0. The minimum absolute atomic E-state index is 0.116. The Morgan fingerprint density at radius 1 is 1.53 bits per heavy atom. The molecule has 0 aliphatic carbocycles. The van der Waals surface area contributed by atoms with Crippen molar-refractivity contribution in [1.82, 2.24) is 5.32 Å². The fourth-order valence-corrected chi connectivity index (χ4v) is 2.66. The van der Waals surface area contributed by atoms with Gasteiger partial charge < -0.3 is 15.8 Å². The molecule has 3 N–H and O–H groups in total. The van der Waals surface area contributed by atoms with Crippen LogP contribution in [0.1, 0.15) is 31.4 Å². The first-order valence-corrected chi connectivity index (χ1v) is 6.94. The summed E-state index contributed by atoms with van der Waals surface area (Å²) in [5, 5.41) is 3.73. The molecule has 0 saturated carbocycles. The van der Waals surface area contributed by atoms with Crippen molar-refractivity contribution in [2.75, 3.05) is 19.7 Å². The summed E-state index contributed by atoms with van der Waals surface area (Å²) in [6.45, 7) is 3.97. The molecule has 106 valence electrons. The van der Waals surface area contributed by atoms with E-state index in [-0.39, 0.29) is 17.5 Å². The Hall–Kier alpha value is -0.680. The Balaban J connectivity index is 2.03. The first kappa shape index (κ1) is 14.7. The number of halogens is 2. The third-order valence-electron chi connectivity index (χ3n) is 3.55. The molecule has 2 atom stereocenters. The summed E-state index contributed by atoms with van der Waals surface area (Å²) < 4.78 is 19.1. The molecule has 1 aromatic rings. The van der Waals surface area contributed by atoms with Crippen LogP contribution in [0.5, 0.6) is 0 Å². The zero-order valence-corrected chi connectivity index (χ0v) is 11.8. The van der Waals surface area contributed by atoms with Gasteiger partial charge in [-0.05, 0) is 43.5 Å². The first-order chi connectivity index (χ1) is 9.02. The van der Waals surface area contributed by atoms with Crippen LogP contribution in [0.25, 0.3) is 0 Å². The Morgan fingerprint density at radius 2 is 2.32 bits per heavy atom. The van der Waals surface area contributed by atoms with Crippen molar-refractivity contribution in [1.29, 1.82) is 0 Å². The van der Waals surface area contributed by atoms with E-state index in [1.807, 2.05) is 0 Å². The van der Waals surface area contributed by atoms with E-state index in [1.165, 1.54) is 12.1 Å². The second kappa shape index (κ2) is 6.18. The molecule has 0 radical (unpaired) electrons. The molecule has 1 aliphatic rings. The highest BCUT2D eigenvalue weighted by Crippen LogP contribution is 2.26. The molecule has 1 fully saturated rings. The topological polar surface area (TPSA) is 47.3 Å². The molecular weight excluding hydrogens is 267 g/mol. The maximum absolute atomic E-state index is 13.4. The average Bonchev–Trinajstić information content (AvgIpc) is 2.76. The monoisotopic (exact) mass is 286 g/mol. The molecular formula is C14H20ClFN2O. The highest BCUT2D eigenvalue weighted by molar-refractivity contribution is 6.30. The number of ether oxygens (including phenoxy) is 1. The summed E-state index contributed by atoms with van der Waals surface area (Å²) in [6, 6.07) is 4.38. The van der Waals surface area contributed by atoms with Crippen LogP contribution in [0.3, 0.4) is 0 Å². The maximum Gasteiger partial charge on any atom is 0.125 e. The highest BCUT2D eigenvalue weighted by atomic mass is 35.5. The third kappa shape index (κ3) is 3.89. The number of rotatable bonds is 5. The van der Waals surface area contributed by atoms with Gasteiger partial charge in [0.1, 0.15) is 5.82 Å². The Morgan fingerprint density at radius 3 is 2.89 bits per heavy atom. The Kier molecular flexibility index (Phi) is 4.79. The van der Waals surface area contributed by atoms with Crippen molar-refractivity contribution < 1.29 is 9.13 Å². The van der Waals surface area contributed by atoms with E-state index in [0.717, 1.165) is 25.0 Å². The molecule has 2 unspecified atom stereocenters. The molecule has 5 heteroatoms. The van der Waals surface area contributed by atoms with Gasteiger partial charge in [0, 0.05) is 30.8 Å². The second-order valence-corrected chi connectivity index (χ2v) is 5.71. The zero-order valence-electron chi connectivity index (χ0n) is 11.1. The van der Waals surface area contributed by atoms with Crippen LogP contribution < -0.4 is 11.1 Å². The van der Waals surface area contributed by atoms with Gasteiger partial charge in [0.25, 0.3) is 0 Å². The van der Waals surface area contributed by atoms with E-state index in [1.54, 1.807) is 6.07 Å². The minimum atomic E-state index is -0.342. The normalized spacial score (nSPS) is 24.6. The summed E-state index contributed by atoms with van der Waals surface area (Å²) in [5.74, 6) is -0.342. The number of hydrogen-bond donors (Lipinski definition) is 2. The smallest absolute Gasteiger partial charge is 0.125 e. The van der Waals surface area contributed by atoms with Crippen molar-refractivity contribution in [3.05, 3.63) is 34.6 Å². The lowest BCUT2D eigenvalue weighted by Crippen LogP contribution is -2.41. The first-order valence-electron chi connectivity index (χ1n) is 6.56. The van der Waals surface area contributed by atoms with E-state index >= 15 is 0 Å². The van der Waals surface area contributed by atoms with E-state index in [0.29, 0.717) is 18.1 Å². The largest absolute Gasteiger partial charge is 0.374 e. The van der Waals surface area contributed by atoms with Gasteiger partial charge in [-0.1, -0.05) is 11.6 Å². The van der Waals surface area contributed by atoms with Gasteiger partial charge in [0.2, 0.25) is 0 Å². The molecule has 1 aromatic carbocycles. The fraction of sp³-hybridized carbons (Fsp3) is 0.571. The molecule has 2 rings (SSSR count). The molecule has 1 saturated heterocycles. The summed E-state index contributed by atoms with van der Waals surface area (Å²) in [6.07, 6.45) is 2.11. The van der Waals surface area contributed by atoms with E-state index in [2.05, 4.69) is 12.2 Å². The van der Waals surface area contributed by atoms with Gasteiger partial charge in [-0.25, -0.2) is 4.39 Å². The zero-order chi connectivity index (χ0) is 13.9. The van der Waals surface area contributed by atoms with Crippen LogP contribution >= 0.6 is 11.6 Å². The number of nitrogens with one attached hydrogen (secondary N) is 1. The summed E-state index contributed by atoms with van der Waals surface area (Å²) in [4.78, 5) is 0. The van der Waals surface area contributed by atoms with Crippen molar-refractivity contribution in [2.45, 2.75) is 31.4 Å². The highest BCUT2D eigenvalue weighted by Gasteiger charge is 2.30. The van der Waals surface area contributed by atoms with Crippen LogP contribution in [0.15, 0.2) is 18.2 Å². The summed E-state index contributed by atoms with van der Waals surface area (Å²) in [7, 11) is 0. The molecule has 1 aliphatic heterocycles. The van der Waals surface area contributed by atoms with Crippen LogP contribution in [0.2, 0.25) is 5.02 Å². The van der Waals surface area contributed by atoms with Crippen molar-refractivity contribution in [3.8, 4) is 0 Å². The molecule has 0 amide bonds. The number of nitrogens with two attached hydrogens (primary N) is 1. The summed E-state index contributed by atoms with van der Waals surface area (Å²) >= 11 is 5.87. The Labute approximate surface area is 118 Å². The van der Waals surface area contributed by atoms with Gasteiger partial charge in [-0.2, -0.15) is 0 Å². The SMILES string of the molecule is CC1(CNC(CN)c2cc(F)cc(Cl)c2)CCCO1. The van der Waals surface area contributed by atoms with Gasteiger partial charge in [-0.15, -0.1) is 0 Å². The van der Waals surface area contributed by atoms with Crippen LogP contribution in [0.4, 0.5) is 4.39 Å². The van der Waals surface area contributed by atoms with Gasteiger partial charge in [0.15, 0.2) is 0 Å². The van der Waals surface area contributed by atoms with E-state index < -0.39 is 0 Å². The average molecular weight is 287 g/mol. The van der Waals surface area contributed by atoms with E-state index in [9.17, 15) is 4.39 Å². The minimum Gasteiger partial charge on any atom is -0.374 e. The Bertz CT molecular complexity index is 415. The fourth-order valence-electron chi connectivity index (χ4n) is 2.43. The standard InChI is InChI=1S/C14H20ClFN2O/c1-14(3-2-4-19-14)9-18-13(8-17)10-5-11(15)7-12(16)6-10/h5-7,13,18H,2-4,8-9,17H2,1H3. The lowest BCUT2D eigenvalue weighted by Gasteiger charge is -2.27. The number of benzene rings is 1. The van der Waals surface area contributed by atoms with Gasteiger partial charge >= 0.3 is 0 Å². The predicted molar refractivity (Wildman–Crippen MR) is 74.8 cm³/mol. The van der Waals surface area contributed by atoms with Crippen LogP contribution in [-0.2, 0) is 4.74 Å². The molecule has 0 spiro atoms. The van der Waals surface area contributed by atoms with Gasteiger partial charge in [-0.3, -0.25) is 0 Å². The van der Waals surface area contributed by atoms with Crippen molar-refractivity contribution in [2.24, 2.45) is 5.73 Å². The molecule has 19 heavy (non-hydrogen) atoms. The quantitative estimate of drug-likeness (QED) is 0.875. The second-order valence-electron chi connectivity index (χ2n) is 5.27. The van der Waals surface area contributed by atoms with Crippen molar-refractivity contribution >= 4 is 11.6 Å². The summed E-state index contributed by atoms with van der Waals surface area (Å²) in [5.41, 5.74) is 6.39. The molecule has 3 nitrogen and oxygen atoms in total. The van der Waals surface area contributed by atoms with Crippen molar-refractivity contribution in [3.63, 3.8) is 0 Å². The van der Waals surface area contributed by atoms with Crippen LogP contribution in [-0.4, -0.2) is 25.3 Å². The predicted octanol–water partition coefficient (Wildman–Crippen LogP) is 2.64. The van der Waals surface area contributed by atoms with E-state index in [4.69, 9.17) is 22.1 Å². The maximum atomic E-state index is 13.4. The van der Waals surface area contributed by atoms with Crippen LogP contribution in [0, 0.1) is 5.82 Å². The third-order valence-corrected chi connectivity index (χ3v) is 3.76. The molecule has 0 aromatic heterocycles. The lowest BCUT2D eigenvalue weighted by molar-refractivity contribution is 0.0189. The van der Waals surface area contributed by atoms with Gasteiger partial charge in [0.05, 0.1) is 5.60 Å². The molecule has 1 heterocycles.